The molecule has 4 N–H and O–H groups in total. The van der Waals surface area contributed by atoms with Crippen LogP contribution in [0, 0.1) is 0 Å². The molecule has 0 aromatic heterocycles. The second kappa shape index (κ2) is 3.42. The first-order chi connectivity index (χ1) is 3.27. The number of hydrogen-bond donors (Lipinski definition) is 2. The van der Waals surface area contributed by atoms with E-state index in [4.69, 9.17) is 0 Å². The normalized spacial score (nSPS) is 8.14. The lowest BCUT2D eigenvalue weighted by Crippen LogP contribution is -2.56. The SMILES string of the molecule is [NH3+]CCNC(=O)[O-]. The maximum Gasteiger partial charge on any atom is 0.134 e. The molecule has 0 bridgehead atoms. The molecule has 1 amide bonds. The summed E-state index contributed by atoms with van der Waals surface area (Å²) < 4.78 is 0. The molecule has 0 rings (SSSR count). The molecule has 0 saturated heterocycles. The molecule has 0 atom stereocenters. The fourth-order valence-electron chi connectivity index (χ4n) is 0.190. The molecule has 4 heteroatoms. The molecular weight excluding hydrogens is 96.0 g/mol. The Morgan fingerprint density at radius 2 is 2.43 bits per heavy atom. The van der Waals surface area contributed by atoms with Gasteiger partial charge in [0.2, 0.25) is 0 Å². The van der Waals surface area contributed by atoms with Gasteiger partial charge in [0, 0.05) is 0 Å². The summed E-state index contributed by atoms with van der Waals surface area (Å²) >= 11 is 0. The summed E-state index contributed by atoms with van der Waals surface area (Å²) in [6, 6.07) is 0. The third kappa shape index (κ3) is 5.23. The third-order valence-electron chi connectivity index (χ3n) is 0.446. The molecule has 7 heavy (non-hydrogen) atoms. The zero-order chi connectivity index (χ0) is 5.70. The van der Waals surface area contributed by atoms with Crippen molar-refractivity contribution < 1.29 is 15.6 Å². The summed E-state index contributed by atoms with van der Waals surface area (Å²) in [6.45, 7) is 0.941. The summed E-state index contributed by atoms with van der Waals surface area (Å²) in [4.78, 5) is 9.51. The zero-order valence-corrected chi connectivity index (χ0v) is 3.94. The van der Waals surface area contributed by atoms with Gasteiger partial charge < -0.3 is 21.0 Å². The Hall–Kier alpha value is -0.770. The van der Waals surface area contributed by atoms with Crippen molar-refractivity contribution in [3.63, 3.8) is 0 Å². The molecule has 0 aliphatic rings. The summed E-state index contributed by atoms with van der Waals surface area (Å²) in [7, 11) is 0. The molecule has 0 unspecified atom stereocenters. The van der Waals surface area contributed by atoms with Gasteiger partial charge in [-0.05, 0) is 0 Å². The minimum Gasteiger partial charge on any atom is -0.530 e. The van der Waals surface area contributed by atoms with Gasteiger partial charge in [-0.3, -0.25) is 0 Å². The van der Waals surface area contributed by atoms with Crippen LogP contribution in [-0.2, 0) is 0 Å². The minimum absolute atomic E-state index is 0.377. The van der Waals surface area contributed by atoms with Crippen molar-refractivity contribution in [3.05, 3.63) is 0 Å². The molecule has 0 heterocycles. The Bertz CT molecular complexity index is 64.0. The van der Waals surface area contributed by atoms with Crippen LogP contribution in [0.2, 0.25) is 0 Å². The van der Waals surface area contributed by atoms with Crippen LogP contribution in [0.1, 0.15) is 0 Å². The van der Waals surface area contributed by atoms with Gasteiger partial charge in [-0.2, -0.15) is 0 Å². The first-order valence-corrected chi connectivity index (χ1v) is 2.01. The molecule has 0 aliphatic heterocycles. The van der Waals surface area contributed by atoms with Gasteiger partial charge >= 0.3 is 0 Å². The number of quaternary nitrogens is 1. The van der Waals surface area contributed by atoms with Crippen molar-refractivity contribution in [2.24, 2.45) is 0 Å². The largest absolute Gasteiger partial charge is 0.530 e. The number of carbonyl (C=O) groups is 1. The summed E-state index contributed by atoms with van der Waals surface area (Å²) in [5.74, 6) is 0. The van der Waals surface area contributed by atoms with Crippen molar-refractivity contribution in [3.8, 4) is 0 Å². The maximum absolute atomic E-state index is 9.51. The Kier molecular flexibility index (Phi) is 3.04. The first kappa shape index (κ1) is 6.23. The van der Waals surface area contributed by atoms with Crippen molar-refractivity contribution >= 4 is 6.09 Å². The van der Waals surface area contributed by atoms with Gasteiger partial charge in [0.1, 0.15) is 6.09 Å². The van der Waals surface area contributed by atoms with Crippen LogP contribution in [-0.4, -0.2) is 19.2 Å². The average Bonchev–Trinajstić information content (AvgIpc) is 1.61. The van der Waals surface area contributed by atoms with Gasteiger partial charge in [0.05, 0.1) is 13.1 Å². The second-order valence-electron chi connectivity index (χ2n) is 1.07. The predicted molar refractivity (Wildman–Crippen MR) is 21.2 cm³/mol. The zero-order valence-electron chi connectivity index (χ0n) is 3.94. The molecule has 0 fully saturated rings. The quantitative estimate of drug-likeness (QED) is 0.395. The number of carbonyl (C=O) groups excluding carboxylic acids is 1. The van der Waals surface area contributed by atoms with Crippen LogP contribution >= 0.6 is 0 Å². The van der Waals surface area contributed by atoms with Crippen LogP contribution in [0.25, 0.3) is 0 Å². The predicted octanol–water partition coefficient (Wildman–Crippen LogP) is -2.84. The molecular formula is C3H8N2O2. The van der Waals surface area contributed by atoms with Crippen LogP contribution in [0.3, 0.4) is 0 Å². The van der Waals surface area contributed by atoms with Gasteiger partial charge in [0.25, 0.3) is 0 Å². The Labute approximate surface area is 41.3 Å². The minimum atomic E-state index is -1.23. The van der Waals surface area contributed by atoms with E-state index in [2.05, 4.69) is 5.73 Å². The van der Waals surface area contributed by atoms with Gasteiger partial charge in [-0.1, -0.05) is 0 Å². The van der Waals surface area contributed by atoms with Gasteiger partial charge in [0.15, 0.2) is 0 Å². The molecule has 0 aromatic rings. The molecule has 0 spiro atoms. The van der Waals surface area contributed by atoms with Crippen molar-refractivity contribution in [2.75, 3.05) is 13.1 Å². The Morgan fingerprint density at radius 1 is 1.86 bits per heavy atom. The number of carboxylic acid groups (broad SMARTS) is 1. The third-order valence-corrected chi connectivity index (χ3v) is 0.446. The molecule has 42 valence electrons. The summed E-state index contributed by atoms with van der Waals surface area (Å²) in [5, 5.41) is 11.5. The van der Waals surface area contributed by atoms with Crippen LogP contribution in [0.15, 0.2) is 0 Å². The van der Waals surface area contributed by atoms with E-state index in [1.807, 2.05) is 5.32 Å². The highest BCUT2D eigenvalue weighted by molar-refractivity contribution is 5.61. The first-order valence-electron chi connectivity index (χ1n) is 2.01. The highest BCUT2D eigenvalue weighted by Crippen LogP contribution is 1.47. The smallest absolute Gasteiger partial charge is 0.134 e. The molecule has 0 radical (unpaired) electrons. The van der Waals surface area contributed by atoms with E-state index < -0.39 is 6.09 Å². The second-order valence-corrected chi connectivity index (χ2v) is 1.07. The number of nitrogens with one attached hydrogen (secondary N) is 1. The monoisotopic (exact) mass is 104 g/mol. The van der Waals surface area contributed by atoms with E-state index in [0.29, 0.717) is 13.1 Å². The topological polar surface area (TPSA) is 79.8 Å². The number of rotatable bonds is 2. The Balaban J connectivity index is 2.82. The summed E-state index contributed by atoms with van der Waals surface area (Å²) in [6.07, 6.45) is -1.23. The standard InChI is InChI=1S/C3H8N2O2/c4-1-2-5-3(6)7/h5H,1-2,4H2,(H,6,7). The number of amides is 1. The van der Waals surface area contributed by atoms with E-state index in [0.717, 1.165) is 0 Å². The lowest BCUT2D eigenvalue weighted by molar-refractivity contribution is -0.365. The summed E-state index contributed by atoms with van der Waals surface area (Å²) in [5.41, 5.74) is 3.40. The van der Waals surface area contributed by atoms with Gasteiger partial charge in [-0.15, -0.1) is 0 Å². The van der Waals surface area contributed by atoms with Crippen molar-refractivity contribution in [2.45, 2.75) is 0 Å². The number of hydrogen-bond acceptors (Lipinski definition) is 2. The maximum atomic E-state index is 9.51. The lowest BCUT2D eigenvalue weighted by Gasteiger charge is -1.99. The van der Waals surface area contributed by atoms with Gasteiger partial charge in [-0.25, -0.2) is 0 Å². The molecule has 0 saturated carbocycles. The van der Waals surface area contributed by atoms with E-state index >= 15 is 0 Å². The Morgan fingerprint density at radius 3 is 2.57 bits per heavy atom. The average molecular weight is 104 g/mol. The van der Waals surface area contributed by atoms with Crippen LogP contribution < -0.4 is 16.2 Å². The van der Waals surface area contributed by atoms with Crippen molar-refractivity contribution in [1.29, 1.82) is 0 Å². The lowest BCUT2D eigenvalue weighted by atomic mass is 10.7. The van der Waals surface area contributed by atoms with Crippen LogP contribution in [0.5, 0.6) is 0 Å². The van der Waals surface area contributed by atoms with Crippen LogP contribution in [0.4, 0.5) is 4.79 Å². The fraction of sp³-hybridized carbons (Fsp3) is 0.667. The fourth-order valence-corrected chi connectivity index (χ4v) is 0.190. The van der Waals surface area contributed by atoms with E-state index in [9.17, 15) is 9.90 Å². The highest BCUT2D eigenvalue weighted by Gasteiger charge is 1.78. The molecule has 4 nitrogen and oxygen atoms in total. The van der Waals surface area contributed by atoms with E-state index in [1.165, 1.54) is 0 Å². The van der Waals surface area contributed by atoms with Crippen molar-refractivity contribution in [1.82, 2.24) is 5.32 Å². The van der Waals surface area contributed by atoms with E-state index in [-0.39, 0.29) is 0 Å². The molecule has 0 aliphatic carbocycles. The van der Waals surface area contributed by atoms with E-state index in [1.54, 1.807) is 0 Å². The highest BCUT2D eigenvalue weighted by atomic mass is 16.4. The molecule has 0 aromatic carbocycles.